The molecule has 31 heavy (non-hydrogen) atoms. The summed E-state index contributed by atoms with van der Waals surface area (Å²) in [5, 5.41) is 12.6. The lowest BCUT2D eigenvalue weighted by atomic mass is 10.0. The molecule has 0 radical (unpaired) electrons. The maximum absolute atomic E-state index is 13.2. The predicted molar refractivity (Wildman–Crippen MR) is 122 cm³/mol. The first-order valence-corrected chi connectivity index (χ1v) is 10.6. The van der Waals surface area contributed by atoms with Crippen LogP contribution in [0.25, 0.3) is 26.7 Å². The lowest BCUT2D eigenvalue weighted by molar-refractivity contribution is 0.0698. The van der Waals surface area contributed by atoms with E-state index >= 15 is 0 Å². The van der Waals surface area contributed by atoms with Gasteiger partial charge in [0.15, 0.2) is 0 Å². The SMILES string of the molecule is O=C(O)c1cc(-c2ccc(OCc3ccccc3)cc2)c(=O)n2ccc3ccsc3c12. The van der Waals surface area contributed by atoms with Crippen LogP contribution in [-0.4, -0.2) is 15.5 Å². The number of pyridine rings is 2. The Kier molecular flexibility index (Phi) is 4.76. The number of nitrogens with zero attached hydrogens (tertiary/aromatic N) is 1. The first kappa shape index (κ1) is 19.1. The number of thiophene rings is 1. The minimum absolute atomic E-state index is 0.104. The van der Waals surface area contributed by atoms with Crippen molar-refractivity contribution in [3.8, 4) is 16.9 Å². The van der Waals surface area contributed by atoms with Crippen molar-refractivity contribution in [1.82, 2.24) is 4.40 Å². The molecule has 0 atom stereocenters. The summed E-state index contributed by atoms with van der Waals surface area (Å²) in [5.74, 6) is -0.394. The number of fused-ring (bicyclic) bond motifs is 3. The molecule has 3 heterocycles. The Labute approximate surface area is 181 Å². The molecule has 2 aromatic carbocycles. The highest BCUT2D eigenvalue weighted by Gasteiger charge is 2.18. The third-order valence-corrected chi connectivity index (χ3v) is 6.13. The van der Waals surface area contributed by atoms with Gasteiger partial charge in [0.25, 0.3) is 5.56 Å². The quantitative estimate of drug-likeness (QED) is 0.405. The molecule has 152 valence electrons. The molecule has 5 aromatic rings. The highest BCUT2D eigenvalue weighted by atomic mass is 32.1. The summed E-state index contributed by atoms with van der Waals surface area (Å²) in [4.78, 5) is 25.2. The van der Waals surface area contributed by atoms with E-state index in [1.165, 1.54) is 21.8 Å². The summed E-state index contributed by atoms with van der Waals surface area (Å²) in [7, 11) is 0. The van der Waals surface area contributed by atoms with Crippen LogP contribution in [-0.2, 0) is 6.61 Å². The molecule has 5 rings (SSSR count). The van der Waals surface area contributed by atoms with Gasteiger partial charge in [0.05, 0.1) is 15.8 Å². The minimum Gasteiger partial charge on any atom is -0.489 e. The minimum atomic E-state index is -1.07. The number of aromatic nitrogens is 1. The summed E-state index contributed by atoms with van der Waals surface area (Å²) in [6.45, 7) is 0.443. The van der Waals surface area contributed by atoms with Crippen LogP contribution >= 0.6 is 11.3 Å². The average Bonchev–Trinajstić information content (AvgIpc) is 3.28. The summed E-state index contributed by atoms with van der Waals surface area (Å²) in [6.07, 6.45) is 1.64. The Bertz CT molecular complexity index is 1470. The third-order valence-electron chi connectivity index (χ3n) is 5.19. The van der Waals surface area contributed by atoms with E-state index in [2.05, 4.69) is 0 Å². The maximum atomic E-state index is 13.2. The van der Waals surface area contributed by atoms with Crippen LogP contribution < -0.4 is 10.3 Å². The normalized spacial score (nSPS) is 11.1. The fraction of sp³-hybridized carbons (Fsp3) is 0.0400. The Morgan fingerprint density at radius 1 is 1.00 bits per heavy atom. The molecular formula is C25H17NO4S. The number of benzene rings is 2. The fourth-order valence-corrected chi connectivity index (χ4v) is 4.59. The molecule has 5 nitrogen and oxygen atoms in total. The van der Waals surface area contributed by atoms with Gasteiger partial charge in [0, 0.05) is 11.8 Å². The average molecular weight is 427 g/mol. The molecule has 6 heteroatoms. The number of carboxylic acids is 1. The van der Waals surface area contributed by atoms with Crippen LogP contribution in [0.1, 0.15) is 15.9 Å². The van der Waals surface area contributed by atoms with Gasteiger partial charge in [-0.05, 0) is 52.2 Å². The molecular weight excluding hydrogens is 410 g/mol. The fourth-order valence-electron chi connectivity index (χ4n) is 3.65. The number of hydrogen-bond donors (Lipinski definition) is 1. The smallest absolute Gasteiger partial charge is 0.337 e. The Balaban J connectivity index is 1.55. The number of carboxylic acid groups (broad SMARTS) is 1. The van der Waals surface area contributed by atoms with Crippen LogP contribution in [0, 0.1) is 0 Å². The van der Waals surface area contributed by atoms with E-state index in [1.54, 1.807) is 30.5 Å². The molecule has 0 saturated carbocycles. The van der Waals surface area contributed by atoms with Crippen molar-refractivity contribution in [1.29, 1.82) is 0 Å². The number of aromatic carboxylic acids is 1. The largest absolute Gasteiger partial charge is 0.489 e. The molecule has 0 bridgehead atoms. The van der Waals surface area contributed by atoms with E-state index in [9.17, 15) is 14.7 Å². The Morgan fingerprint density at radius 3 is 2.52 bits per heavy atom. The predicted octanol–water partition coefficient (Wildman–Crippen LogP) is 5.46. The molecule has 0 amide bonds. The van der Waals surface area contributed by atoms with Crippen molar-refractivity contribution < 1.29 is 14.6 Å². The summed E-state index contributed by atoms with van der Waals surface area (Å²) >= 11 is 1.42. The standard InChI is InChI=1S/C25H17NO4S/c27-24-20(17-6-8-19(9-7-17)30-15-16-4-2-1-3-5-16)14-21(25(28)29)22-23-18(11-13-31-23)10-12-26(22)24/h1-14H,15H2,(H,28,29). The number of ether oxygens (including phenoxy) is 1. The van der Waals surface area contributed by atoms with Gasteiger partial charge in [-0.25, -0.2) is 4.79 Å². The van der Waals surface area contributed by atoms with Crippen molar-refractivity contribution in [3.63, 3.8) is 0 Å². The zero-order chi connectivity index (χ0) is 21.4. The van der Waals surface area contributed by atoms with E-state index in [0.29, 0.717) is 29.0 Å². The van der Waals surface area contributed by atoms with Gasteiger partial charge < -0.3 is 9.84 Å². The van der Waals surface area contributed by atoms with Crippen LogP contribution in [0.5, 0.6) is 5.75 Å². The van der Waals surface area contributed by atoms with E-state index in [4.69, 9.17) is 4.74 Å². The molecule has 1 N–H and O–H groups in total. The summed E-state index contributed by atoms with van der Waals surface area (Å²) in [5.41, 5.74) is 2.31. The van der Waals surface area contributed by atoms with Crippen LogP contribution in [0.15, 0.2) is 89.2 Å². The maximum Gasteiger partial charge on any atom is 0.337 e. The number of carbonyl (C=O) groups is 1. The first-order chi connectivity index (χ1) is 15.1. The van der Waals surface area contributed by atoms with E-state index in [-0.39, 0.29) is 11.1 Å². The third kappa shape index (κ3) is 3.47. The molecule has 0 aliphatic carbocycles. The number of hydrogen-bond acceptors (Lipinski definition) is 4. The molecule has 0 spiro atoms. The Morgan fingerprint density at radius 2 is 1.77 bits per heavy atom. The molecule has 0 unspecified atom stereocenters. The van der Waals surface area contributed by atoms with E-state index < -0.39 is 5.97 Å². The van der Waals surface area contributed by atoms with Crippen molar-refractivity contribution in [2.75, 3.05) is 0 Å². The van der Waals surface area contributed by atoms with Gasteiger partial charge in [-0.1, -0.05) is 42.5 Å². The topological polar surface area (TPSA) is 68.0 Å². The second-order valence-corrected chi connectivity index (χ2v) is 8.04. The van der Waals surface area contributed by atoms with Crippen molar-refractivity contribution in [2.24, 2.45) is 0 Å². The van der Waals surface area contributed by atoms with Crippen molar-refractivity contribution >= 4 is 32.9 Å². The number of rotatable bonds is 5. The molecule has 3 aromatic heterocycles. The highest BCUT2D eigenvalue weighted by molar-refractivity contribution is 7.18. The van der Waals surface area contributed by atoms with Gasteiger partial charge in [-0.15, -0.1) is 11.3 Å². The lowest BCUT2D eigenvalue weighted by Crippen LogP contribution is -2.18. The molecule has 0 aliphatic heterocycles. The second kappa shape index (κ2) is 7.74. The van der Waals surface area contributed by atoms with Crippen LogP contribution in [0.3, 0.4) is 0 Å². The van der Waals surface area contributed by atoms with Crippen LogP contribution in [0.4, 0.5) is 0 Å². The lowest BCUT2D eigenvalue weighted by Gasteiger charge is -2.11. The van der Waals surface area contributed by atoms with Gasteiger partial charge in [-0.3, -0.25) is 9.20 Å². The van der Waals surface area contributed by atoms with Gasteiger partial charge in [-0.2, -0.15) is 0 Å². The monoisotopic (exact) mass is 427 g/mol. The van der Waals surface area contributed by atoms with Gasteiger partial charge in [0.1, 0.15) is 12.4 Å². The summed E-state index contributed by atoms with van der Waals surface area (Å²) < 4.78 is 8.02. The van der Waals surface area contributed by atoms with Crippen LogP contribution in [0.2, 0.25) is 0 Å². The van der Waals surface area contributed by atoms with Crippen molar-refractivity contribution in [2.45, 2.75) is 6.61 Å². The second-order valence-electron chi connectivity index (χ2n) is 7.12. The molecule has 0 fully saturated rings. The summed E-state index contributed by atoms with van der Waals surface area (Å²) in [6, 6.07) is 22.2. The first-order valence-electron chi connectivity index (χ1n) is 9.68. The van der Waals surface area contributed by atoms with Gasteiger partial charge >= 0.3 is 5.97 Å². The molecule has 0 aliphatic rings. The highest BCUT2D eigenvalue weighted by Crippen LogP contribution is 2.30. The molecule has 0 saturated heterocycles. The Hall–Kier alpha value is -3.90. The van der Waals surface area contributed by atoms with E-state index in [0.717, 1.165) is 15.6 Å². The van der Waals surface area contributed by atoms with E-state index in [1.807, 2.05) is 47.8 Å². The zero-order valence-corrected chi connectivity index (χ0v) is 17.1. The van der Waals surface area contributed by atoms with Crippen molar-refractivity contribution in [3.05, 3.63) is 106 Å². The zero-order valence-electron chi connectivity index (χ0n) is 16.3. The van der Waals surface area contributed by atoms with Gasteiger partial charge in [0.2, 0.25) is 0 Å².